The Bertz CT molecular complexity index is 2930. The molecule has 65 heavy (non-hydrogen) atoms. The van der Waals surface area contributed by atoms with E-state index >= 15 is 0 Å². The first-order valence-electron chi connectivity index (χ1n) is 22.1. The molecule has 0 amide bonds. The molecule has 6 heteroatoms. The molecule has 0 N–H and O–H groups in total. The Kier molecular flexibility index (Phi) is 10.6. The van der Waals surface area contributed by atoms with Crippen LogP contribution >= 0.6 is 45.3 Å². The molecule has 0 saturated heterocycles. The van der Waals surface area contributed by atoms with E-state index in [-0.39, 0.29) is 5.41 Å². The lowest BCUT2D eigenvalue weighted by Crippen LogP contribution is -2.17. The third-order valence-corrected chi connectivity index (χ3v) is 17.0. The van der Waals surface area contributed by atoms with E-state index in [0.717, 1.165) is 34.1 Å². The van der Waals surface area contributed by atoms with Gasteiger partial charge in [-0.2, -0.15) is 0 Å². The molecule has 4 heterocycles. The van der Waals surface area contributed by atoms with Crippen LogP contribution in [0.3, 0.4) is 0 Å². The Morgan fingerprint density at radius 2 is 0.538 bits per heavy atom. The smallest absolute Gasteiger partial charge is 0.0465 e. The van der Waals surface area contributed by atoms with Gasteiger partial charge in [0.15, 0.2) is 0 Å². The molecular formula is C59H48N2S4. The van der Waals surface area contributed by atoms with Gasteiger partial charge < -0.3 is 9.80 Å². The van der Waals surface area contributed by atoms with Crippen molar-refractivity contribution in [1.29, 1.82) is 0 Å². The van der Waals surface area contributed by atoms with E-state index in [0.29, 0.717) is 0 Å². The minimum Gasteiger partial charge on any atom is -0.310 e. The van der Waals surface area contributed by atoms with Crippen molar-refractivity contribution in [3.8, 4) is 52.9 Å². The molecule has 0 unspecified atom stereocenters. The lowest BCUT2D eigenvalue weighted by atomic mass is 9.82. The van der Waals surface area contributed by atoms with Gasteiger partial charge in [-0.05, 0) is 194 Å². The van der Waals surface area contributed by atoms with Crippen molar-refractivity contribution in [2.24, 2.45) is 0 Å². The van der Waals surface area contributed by atoms with Crippen molar-refractivity contribution >= 4 is 79.5 Å². The summed E-state index contributed by atoms with van der Waals surface area (Å²) in [5.74, 6) is 0. The van der Waals surface area contributed by atoms with Crippen LogP contribution in [0, 0.1) is 27.7 Å². The second-order valence-corrected chi connectivity index (χ2v) is 22.7. The van der Waals surface area contributed by atoms with Crippen molar-refractivity contribution in [1.82, 2.24) is 0 Å². The van der Waals surface area contributed by atoms with Gasteiger partial charge in [0.1, 0.15) is 0 Å². The van der Waals surface area contributed by atoms with Gasteiger partial charge >= 0.3 is 0 Å². The van der Waals surface area contributed by atoms with Crippen molar-refractivity contribution < 1.29 is 0 Å². The van der Waals surface area contributed by atoms with Gasteiger partial charge in [-0.15, -0.1) is 45.3 Å². The number of fused-ring (bicyclic) bond motifs is 3. The average Bonchev–Trinajstić information content (AvgIpc) is 4.19. The van der Waals surface area contributed by atoms with E-state index in [4.69, 9.17) is 0 Å². The molecule has 0 saturated carbocycles. The number of nitrogens with zero attached hydrogens (tertiary/aromatic N) is 2. The Hall–Kier alpha value is -6.28. The molecule has 0 bridgehead atoms. The highest BCUT2D eigenvalue weighted by Gasteiger charge is 2.37. The zero-order valence-electron chi connectivity index (χ0n) is 37.3. The predicted octanol–water partition coefficient (Wildman–Crippen LogP) is 19.1. The lowest BCUT2D eigenvalue weighted by Gasteiger charge is -2.29. The molecule has 0 atom stereocenters. The highest BCUT2D eigenvalue weighted by molar-refractivity contribution is 7.16. The maximum absolute atomic E-state index is 2.44. The number of anilines is 6. The first-order chi connectivity index (χ1) is 31.6. The molecule has 318 valence electrons. The topological polar surface area (TPSA) is 6.48 Å². The number of thiophene rings is 4. The van der Waals surface area contributed by atoms with Crippen LogP contribution in [0.4, 0.5) is 34.1 Å². The molecule has 10 aromatic rings. The predicted molar refractivity (Wildman–Crippen MR) is 286 cm³/mol. The van der Waals surface area contributed by atoms with Gasteiger partial charge in [0.2, 0.25) is 0 Å². The molecule has 4 aromatic heterocycles. The number of benzene rings is 6. The quantitative estimate of drug-likeness (QED) is 0.135. The maximum atomic E-state index is 2.44. The molecular weight excluding hydrogens is 865 g/mol. The van der Waals surface area contributed by atoms with Crippen LogP contribution in [-0.2, 0) is 5.41 Å². The fourth-order valence-electron chi connectivity index (χ4n) is 9.34. The van der Waals surface area contributed by atoms with Crippen LogP contribution in [0.2, 0.25) is 0 Å². The lowest BCUT2D eigenvalue weighted by molar-refractivity contribution is 0.660. The van der Waals surface area contributed by atoms with E-state index in [2.05, 4.69) is 233 Å². The molecule has 0 radical (unpaired) electrons. The molecule has 0 aliphatic heterocycles. The van der Waals surface area contributed by atoms with E-state index in [1.165, 1.54) is 83.5 Å². The molecule has 0 fully saturated rings. The second-order valence-electron chi connectivity index (χ2n) is 17.6. The Morgan fingerprint density at radius 3 is 0.769 bits per heavy atom. The van der Waals surface area contributed by atoms with Gasteiger partial charge in [0, 0.05) is 78.6 Å². The Morgan fingerprint density at radius 1 is 0.292 bits per heavy atom. The first kappa shape index (κ1) is 41.4. The van der Waals surface area contributed by atoms with Gasteiger partial charge in [-0.25, -0.2) is 0 Å². The fourth-order valence-corrected chi connectivity index (χ4v) is 12.8. The van der Waals surface area contributed by atoms with Crippen LogP contribution in [0.5, 0.6) is 0 Å². The summed E-state index contributed by atoms with van der Waals surface area (Å²) in [5, 5.41) is 0. The summed E-state index contributed by atoms with van der Waals surface area (Å²) in [4.78, 5) is 15.3. The summed E-state index contributed by atoms with van der Waals surface area (Å²) in [6.45, 7) is 13.5. The van der Waals surface area contributed by atoms with E-state index in [1.54, 1.807) is 0 Å². The van der Waals surface area contributed by atoms with Crippen LogP contribution in [-0.4, -0.2) is 0 Å². The Balaban J connectivity index is 0.977. The van der Waals surface area contributed by atoms with Crippen molar-refractivity contribution in [2.45, 2.75) is 47.0 Å². The summed E-state index contributed by atoms with van der Waals surface area (Å²) in [6, 6.07) is 68.3. The highest BCUT2D eigenvalue weighted by atomic mass is 32.1. The van der Waals surface area contributed by atoms with Crippen LogP contribution in [0.15, 0.2) is 182 Å². The molecule has 2 nitrogen and oxygen atoms in total. The SMILES string of the molecule is Cc1ccc(-c2ccc(N(c3ccc(-c4ccc(C)s4)cc3)c3ccc4c(c3)C(C)(C)c3cc(N(c5ccc(-c6ccc(C)s6)cc5)c5ccc(-c6ccc(C)s6)cc5)ccc3-4)cc2)s1. The third-order valence-electron chi connectivity index (χ3n) is 12.8. The van der Waals surface area contributed by atoms with Crippen LogP contribution in [0.25, 0.3) is 52.9 Å². The fraction of sp³-hybridized carbons (Fsp3) is 0.119. The molecule has 0 spiro atoms. The monoisotopic (exact) mass is 912 g/mol. The van der Waals surface area contributed by atoms with E-state index < -0.39 is 0 Å². The van der Waals surface area contributed by atoms with Crippen LogP contribution in [0.1, 0.15) is 44.5 Å². The van der Waals surface area contributed by atoms with E-state index in [9.17, 15) is 0 Å². The van der Waals surface area contributed by atoms with Gasteiger partial charge in [-0.1, -0.05) is 74.5 Å². The summed E-state index contributed by atoms with van der Waals surface area (Å²) in [7, 11) is 0. The number of rotatable bonds is 10. The molecule has 1 aliphatic rings. The van der Waals surface area contributed by atoms with E-state index in [1.807, 2.05) is 45.3 Å². The van der Waals surface area contributed by atoms with Gasteiger partial charge in [-0.3, -0.25) is 0 Å². The van der Waals surface area contributed by atoms with Gasteiger partial charge in [0.05, 0.1) is 0 Å². The number of aryl methyl sites for hydroxylation is 4. The summed E-state index contributed by atoms with van der Waals surface area (Å²) in [6.07, 6.45) is 0. The number of hydrogen-bond donors (Lipinski definition) is 0. The zero-order chi connectivity index (χ0) is 44.4. The standard InChI is InChI=1S/C59H48N2S4/c1-37-7-31-55(62-37)41-11-19-45(20-12-41)60(46-21-13-42(14-22-46)56-32-8-38(2)63-56)49-27-29-51-52-30-28-50(36-54(52)59(5,6)53(51)35-49)61(47-23-15-43(16-24-47)57-33-9-39(3)64-57)48-25-17-44(18-26-48)58-34-10-40(4)65-58/h7-36H,1-6H3. The average molecular weight is 913 g/mol. The van der Waals surface area contributed by atoms with Crippen molar-refractivity contribution in [3.63, 3.8) is 0 Å². The normalized spacial score (nSPS) is 12.6. The second kappa shape index (κ2) is 16.6. The van der Waals surface area contributed by atoms with Crippen molar-refractivity contribution in [3.05, 3.63) is 213 Å². The van der Waals surface area contributed by atoms with Gasteiger partial charge in [0.25, 0.3) is 0 Å². The Labute approximate surface area is 399 Å². The molecule has 1 aliphatic carbocycles. The van der Waals surface area contributed by atoms with Crippen molar-refractivity contribution in [2.75, 3.05) is 9.80 Å². The molecule has 11 rings (SSSR count). The number of hydrogen-bond acceptors (Lipinski definition) is 6. The third kappa shape index (κ3) is 7.79. The first-order valence-corrected chi connectivity index (χ1v) is 25.4. The van der Waals surface area contributed by atoms with Crippen LogP contribution < -0.4 is 9.80 Å². The largest absolute Gasteiger partial charge is 0.310 e. The summed E-state index contributed by atoms with van der Waals surface area (Å²) < 4.78 is 0. The summed E-state index contributed by atoms with van der Waals surface area (Å²) >= 11 is 7.37. The summed E-state index contributed by atoms with van der Waals surface area (Å²) in [5.41, 5.74) is 16.8. The molecule has 6 aromatic carbocycles. The zero-order valence-corrected chi connectivity index (χ0v) is 40.6. The minimum atomic E-state index is -0.252. The highest BCUT2D eigenvalue weighted by Crippen LogP contribution is 2.53. The maximum Gasteiger partial charge on any atom is 0.0465 e. The minimum absolute atomic E-state index is 0.252.